The van der Waals surface area contributed by atoms with E-state index in [9.17, 15) is 5.11 Å². The van der Waals surface area contributed by atoms with Crippen LogP contribution in [0.15, 0.2) is 12.2 Å². The van der Waals surface area contributed by atoms with Crippen molar-refractivity contribution in [2.24, 2.45) is 5.41 Å². The summed E-state index contributed by atoms with van der Waals surface area (Å²) < 4.78 is 5.39. The van der Waals surface area contributed by atoms with Crippen molar-refractivity contribution in [2.45, 2.75) is 33.6 Å². The Hall–Kier alpha value is -0.380. The number of hydrogen-bond donors (Lipinski definition) is 2. The zero-order valence-electron chi connectivity index (χ0n) is 11.0. The van der Waals surface area contributed by atoms with Crippen LogP contribution >= 0.6 is 0 Å². The molecule has 0 spiro atoms. The van der Waals surface area contributed by atoms with Crippen LogP contribution in [-0.2, 0) is 4.74 Å². The Bertz CT molecular complexity index is 180. The fourth-order valence-electron chi connectivity index (χ4n) is 1.52. The van der Waals surface area contributed by atoms with E-state index in [2.05, 4.69) is 25.7 Å². The molecule has 96 valence electrons. The van der Waals surface area contributed by atoms with Gasteiger partial charge in [0, 0.05) is 25.1 Å². The first-order chi connectivity index (χ1) is 7.60. The standard InChI is InChI=1S/C13H27NO2/c1-5-13(6-2,11-15)10-14-7-8-16-9-12(3)4/h14-15H,3,5-11H2,1-2,4H3. The van der Waals surface area contributed by atoms with Gasteiger partial charge >= 0.3 is 0 Å². The van der Waals surface area contributed by atoms with E-state index in [0.717, 1.165) is 31.5 Å². The van der Waals surface area contributed by atoms with Crippen molar-refractivity contribution in [3.63, 3.8) is 0 Å². The van der Waals surface area contributed by atoms with Gasteiger partial charge < -0.3 is 15.2 Å². The lowest BCUT2D eigenvalue weighted by atomic mass is 9.83. The van der Waals surface area contributed by atoms with E-state index in [-0.39, 0.29) is 12.0 Å². The minimum absolute atomic E-state index is 0.0361. The van der Waals surface area contributed by atoms with Crippen molar-refractivity contribution < 1.29 is 9.84 Å². The first kappa shape index (κ1) is 15.6. The predicted molar refractivity (Wildman–Crippen MR) is 68.6 cm³/mol. The summed E-state index contributed by atoms with van der Waals surface area (Å²) in [5, 5.41) is 12.7. The molecule has 0 heterocycles. The summed E-state index contributed by atoms with van der Waals surface area (Å²) in [6.07, 6.45) is 2.00. The number of ether oxygens (including phenoxy) is 1. The van der Waals surface area contributed by atoms with Gasteiger partial charge in [-0.1, -0.05) is 26.0 Å². The maximum absolute atomic E-state index is 9.37. The SMILES string of the molecule is C=C(C)COCCNCC(CC)(CC)CO. The van der Waals surface area contributed by atoms with E-state index in [4.69, 9.17) is 4.74 Å². The van der Waals surface area contributed by atoms with Crippen LogP contribution < -0.4 is 5.32 Å². The molecule has 0 unspecified atom stereocenters. The van der Waals surface area contributed by atoms with Gasteiger partial charge in [0.25, 0.3) is 0 Å². The molecule has 0 aromatic rings. The third-order valence-electron chi connectivity index (χ3n) is 3.11. The quantitative estimate of drug-likeness (QED) is 0.444. The Morgan fingerprint density at radius 3 is 2.44 bits per heavy atom. The number of rotatable bonds is 10. The highest BCUT2D eigenvalue weighted by atomic mass is 16.5. The van der Waals surface area contributed by atoms with Gasteiger partial charge in [-0.05, 0) is 19.8 Å². The van der Waals surface area contributed by atoms with Gasteiger partial charge in [-0.25, -0.2) is 0 Å². The van der Waals surface area contributed by atoms with Gasteiger partial charge in [-0.3, -0.25) is 0 Å². The second-order valence-electron chi connectivity index (χ2n) is 4.55. The first-order valence-corrected chi connectivity index (χ1v) is 6.14. The van der Waals surface area contributed by atoms with Crippen LogP contribution in [0.5, 0.6) is 0 Å². The largest absolute Gasteiger partial charge is 0.396 e. The summed E-state index contributed by atoms with van der Waals surface area (Å²) in [5.41, 5.74) is 1.08. The summed E-state index contributed by atoms with van der Waals surface area (Å²) in [7, 11) is 0. The molecule has 0 aliphatic rings. The topological polar surface area (TPSA) is 41.5 Å². The van der Waals surface area contributed by atoms with Crippen LogP contribution in [-0.4, -0.2) is 38.0 Å². The van der Waals surface area contributed by atoms with Crippen molar-refractivity contribution in [1.29, 1.82) is 0 Å². The summed E-state index contributed by atoms with van der Waals surface area (Å²) >= 11 is 0. The molecule has 0 amide bonds. The van der Waals surface area contributed by atoms with Crippen LogP contribution in [0.3, 0.4) is 0 Å². The molecule has 16 heavy (non-hydrogen) atoms. The van der Waals surface area contributed by atoms with E-state index < -0.39 is 0 Å². The van der Waals surface area contributed by atoms with E-state index in [1.807, 2.05) is 6.92 Å². The minimum atomic E-state index is 0.0361. The van der Waals surface area contributed by atoms with E-state index >= 15 is 0 Å². The Kier molecular flexibility index (Phi) is 8.53. The molecule has 0 saturated carbocycles. The molecule has 0 radical (unpaired) electrons. The van der Waals surface area contributed by atoms with Crippen molar-refractivity contribution in [1.82, 2.24) is 5.32 Å². The maximum Gasteiger partial charge on any atom is 0.0672 e. The molecule has 3 nitrogen and oxygen atoms in total. The molecule has 3 heteroatoms. The third-order valence-corrected chi connectivity index (χ3v) is 3.11. The Balaban J connectivity index is 3.59. The molecule has 0 bridgehead atoms. The second kappa shape index (κ2) is 8.74. The highest BCUT2D eigenvalue weighted by molar-refractivity contribution is 4.87. The monoisotopic (exact) mass is 229 g/mol. The minimum Gasteiger partial charge on any atom is -0.396 e. The summed E-state index contributed by atoms with van der Waals surface area (Å²) in [6.45, 7) is 13.2. The van der Waals surface area contributed by atoms with Gasteiger partial charge in [0.2, 0.25) is 0 Å². The molecule has 0 aromatic heterocycles. The first-order valence-electron chi connectivity index (χ1n) is 6.14. The molecule has 0 atom stereocenters. The summed E-state index contributed by atoms with van der Waals surface area (Å²) in [6, 6.07) is 0. The number of aliphatic hydroxyl groups is 1. The zero-order chi connectivity index (χ0) is 12.4. The highest BCUT2D eigenvalue weighted by Gasteiger charge is 2.24. The van der Waals surface area contributed by atoms with Crippen molar-refractivity contribution in [2.75, 3.05) is 32.9 Å². The van der Waals surface area contributed by atoms with Crippen LogP contribution in [0.1, 0.15) is 33.6 Å². The van der Waals surface area contributed by atoms with E-state index in [1.165, 1.54) is 0 Å². The molecule has 0 aliphatic carbocycles. The average molecular weight is 229 g/mol. The second-order valence-corrected chi connectivity index (χ2v) is 4.55. The number of aliphatic hydroxyl groups excluding tert-OH is 1. The van der Waals surface area contributed by atoms with Gasteiger partial charge in [0.1, 0.15) is 0 Å². The molecule has 0 rings (SSSR count). The number of nitrogens with one attached hydrogen (secondary N) is 1. The van der Waals surface area contributed by atoms with Crippen LogP contribution in [0.25, 0.3) is 0 Å². The Labute approximate surface area is 99.9 Å². The van der Waals surface area contributed by atoms with E-state index in [0.29, 0.717) is 13.2 Å². The fraction of sp³-hybridized carbons (Fsp3) is 0.846. The summed E-state index contributed by atoms with van der Waals surface area (Å²) in [4.78, 5) is 0. The fourth-order valence-corrected chi connectivity index (χ4v) is 1.52. The van der Waals surface area contributed by atoms with Crippen LogP contribution in [0.2, 0.25) is 0 Å². The van der Waals surface area contributed by atoms with Crippen LogP contribution in [0, 0.1) is 5.41 Å². The molecule has 0 fully saturated rings. The lowest BCUT2D eigenvalue weighted by Crippen LogP contribution is -2.37. The molecular formula is C13H27NO2. The average Bonchev–Trinajstić information content (AvgIpc) is 2.29. The normalized spacial score (nSPS) is 11.8. The number of hydrogen-bond acceptors (Lipinski definition) is 3. The zero-order valence-corrected chi connectivity index (χ0v) is 11.0. The Morgan fingerprint density at radius 1 is 1.38 bits per heavy atom. The third kappa shape index (κ3) is 6.26. The van der Waals surface area contributed by atoms with E-state index in [1.54, 1.807) is 0 Å². The van der Waals surface area contributed by atoms with Crippen molar-refractivity contribution in [3.05, 3.63) is 12.2 Å². The molecule has 2 N–H and O–H groups in total. The molecule has 0 aromatic carbocycles. The van der Waals surface area contributed by atoms with Gasteiger partial charge in [0.15, 0.2) is 0 Å². The van der Waals surface area contributed by atoms with Gasteiger partial charge in [-0.15, -0.1) is 0 Å². The van der Waals surface area contributed by atoms with Crippen molar-refractivity contribution >= 4 is 0 Å². The maximum atomic E-state index is 9.37. The van der Waals surface area contributed by atoms with Gasteiger partial charge in [0.05, 0.1) is 13.2 Å². The lowest BCUT2D eigenvalue weighted by Gasteiger charge is -2.29. The highest BCUT2D eigenvalue weighted by Crippen LogP contribution is 2.24. The smallest absolute Gasteiger partial charge is 0.0672 e. The predicted octanol–water partition coefficient (Wildman–Crippen LogP) is 1.97. The van der Waals surface area contributed by atoms with Crippen LogP contribution in [0.4, 0.5) is 0 Å². The Morgan fingerprint density at radius 2 is 2.00 bits per heavy atom. The lowest BCUT2D eigenvalue weighted by molar-refractivity contribution is 0.106. The van der Waals surface area contributed by atoms with Gasteiger partial charge in [-0.2, -0.15) is 0 Å². The molecular weight excluding hydrogens is 202 g/mol. The van der Waals surface area contributed by atoms with Crippen molar-refractivity contribution in [3.8, 4) is 0 Å². The molecule has 0 saturated heterocycles. The summed E-state index contributed by atoms with van der Waals surface area (Å²) in [5.74, 6) is 0. The molecule has 0 aliphatic heterocycles.